The van der Waals surface area contributed by atoms with Gasteiger partial charge in [-0.2, -0.15) is 0 Å². The Kier molecular flexibility index (Phi) is 5.26. The van der Waals surface area contributed by atoms with Gasteiger partial charge in [-0.1, -0.05) is 0 Å². The van der Waals surface area contributed by atoms with E-state index in [1.54, 1.807) is 0 Å². The number of carboxylic acid groups (broad SMARTS) is 1. The monoisotopic (exact) mass is 375 g/mol. The highest BCUT2D eigenvalue weighted by molar-refractivity contribution is 5.88. The number of aliphatic hydroxyl groups excluding tert-OH is 1. The van der Waals surface area contributed by atoms with Crippen molar-refractivity contribution in [1.82, 2.24) is 4.90 Å². The molecule has 4 atom stereocenters. The first kappa shape index (κ1) is 18.5. The average molecular weight is 375 g/mol. The summed E-state index contributed by atoms with van der Waals surface area (Å²) in [6.07, 6.45) is 8.44. The number of aliphatic hydroxyl groups is 1. The molecular weight excluding hydrogens is 346 g/mol. The molecule has 2 heterocycles. The molecule has 6 nitrogen and oxygen atoms in total. The van der Waals surface area contributed by atoms with Crippen LogP contribution in [0.25, 0.3) is 0 Å². The van der Waals surface area contributed by atoms with Crippen LogP contribution < -0.4 is 0 Å². The van der Waals surface area contributed by atoms with Crippen LogP contribution in [-0.4, -0.2) is 46.2 Å². The number of amides is 1. The van der Waals surface area contributed by atoms with Gasteiger partial charge in [-0.15, -0.1) is 0 Å². The Hall–Kier alpha value is -1.82. The number of likely N-dealkylation sites (tertiary alicyclic amines) is 1. The number of piperidine rings is 1. The number of fused-ring (bicyclic) bond motifs is 2. The Bertz CT molecular complexity index is 672. The topological polar surface area (TPSA) is 91.0 Å². The van der Waals surface area contributed by atoms with Gasteiger partial charge in [0.1, 0.15) is 11.3 Å². The van der Waals surface area contributed by atoms with Gasteiger partial charge in [0.25, 0.3) is 0 Å². The number of rotatable bonds is 4. The zero-order valence-corrected chi connectivity index (χ0v) is 15.7. The zero-order valence-electron chi connectivity index (χ0n) is 15.7. The van der Waals surface area contributed by atoms with E-state index in [1.165, 1.54) is 18.8 Å². The van der Waals surface area contributed by atoms with E-state index in [0.717, 1.165) is 51.6 Å². The van der Waals surface area contributed by atoms with Crippen molar-refractivity contribution in [3.05, 3.63) is 23.7 Å². The van der Waals surface area contributed by atoms with Crippen LogP contribution in [0.5, 0.6) is 0 Å². The van der Waals surface area contributed by atoms with Crippen molar-refractivity contribution >= 4 is 11.9 Å². The highest BCUT2D eigenvalue weighted by atomic mass is 16.4. The summed E-state index contributed by atoms with van der Waals surface area (Å²) in [5.74, 6) is 1.40. The van der Waals surface area contributed by atoms with Crippen molar-refractivity contribution in [3.8, 4) is 0 Å². The minimum absolute atomic E-state index is 0.126. The van der Waals surface area contributed by atoms with E-state index in [-0.39, 0.29) is 17.6 Å². The second kappa shape index (κ2) is 7.66. The second-order valence-electron chi connectivity index (χ2n) is 8.80. The van der Waals surface area contributed by atoms with Crippen molar-refractivity contribution in [2.24, 2.45) is 23.7 Å². The summed E-state index contributed by atoms with van der Waals surface area (Å²) in [5.41, 5.74) is 0.254. The van der Waals surface area contributed by atoms with Crippen molar-refractivity contribution in [2.75, 3.05) is 13.1 Å². The molecule has 2 saturated carbocycles. The highest BCUT2D eigenvalue weighted by Gasteiger charge is 2.39. The van der Waals surface area contributed by atoms with Gasteiger partial charge in [0.2, 0.25) is 5.91 Å². The molecule has 0 spiro atoms. The molecule has 1 aromatic rings. The number of hydrogen-bond acceptors (Lipinski definition) is 4. The number of carbonyl (C=O) groups excluding carboxylic acids is 1. The normalized spacial score (nSPS) is 31.7. The van der Waals surface area contributed by atoms with Crippen molar-refractivity contribution in [3.63, 3.8) is 0 Å². The van der Waals surface area contributed by atoms with Crippen LogP contribution in [0.3, 0.4) is 0 Å². The van der Waals surface area contributed by atoms with Gasteiger partial charge in [-0.05, 0) is 68.8 Å². The molecule has 0 aromatic carbocycles. The first-order chi connectivity index (χ1) is 13.0. The molecule has 3 fully saturated rings. The molecule has 1 aliphatic heterocycles. The Morgan fingerprint density at radius 1 is 1.07 bits per heavy atom. The number of aromatic carboxylic acids is 1. The molecule has 0 radical (unpaired) electrons. The maximum atomic E-state index is 13.0. The largest absolute Gasteiger partial charge is 0.478 e. The lowest BCUT2D eigenvalue weighted by molar-refractivity contribution is -0.140. The van der Waals surface area contributed by atoms with Gasteiger partial charge in [0, 0.05) is 25.4 Å². The van der Waals surface area contributed by atoms with Gasteiger partial charge in [0.15, 0.2) is 0 Å². The fourth-order valence-corrected chi connectivity index (χ4v) is 5.58. The van der Waals surface area contributed by atoms with E-state index in [1.807, 2.05) is 4.90 Å². The van der Waals surface area contributed by atoms with Crippen LogP contribution >= 0.6 is 0 Å². The minimum Gasteiger partial charge on any atom is -0.478 e. The van der Waals surface area contributed by atoms with E-state index >= 15 is 0 Å². The van der Waals surface area contributed by atoms with E-state index in [0.29, 0.717) is 35.8 Å². The summed E-state index contributed by atoms with van der Waals surface area (Å²) in [5, 5.41) is 19.1. The molecule has 148 valence electrons. The summed E-state index contributed by atoms with van der Waals surface area (Å²) in [7, 11) is 0. The molecule has 2 bridgehead atoms. The molecule has 2 aliphatic carbocycles. The van der Waals surface area contributed by atoms with E-state index in [2.05, 4.69) is 0 Å². The minimum atomic E-state index is -0.945. The fraction of sp³-hybridized carbons (Fsp3) is 0.714. The molecule has 1 amide bonds. The van der Waals surface area contributed by atoms with Crippen molar-refractivity contribution in [1.29, 1.82) is 0 Å². The van der Waals surface area contributed by atoms with Crippen LogP contribution in [0.1, 0.15) is 61.1 Å². The van der Waals surface area contributed by atoms with Gasteiger partial charge >= 0.3 is 5.97 Å². The quantitative estimate of drug-likeness (QED) is 0.844. The Balaban J connectivity index is 1.29. The van der Waals surface area contributed by atoms with Crippen LogP contribution in [0.4, 0.5) is 0 Å². The molecule has 3 aliphatic rings. The number of furan rings is 1. The Morgan fingerprint density at radius 2 is 1.74 bits per heavy atom. The zero-order chi connectivity index (χ0) is 19.0. The molecular formula is C21H29NO5. The van der Waals surface area contributed by atoms with Crippen LogP contribution in [0, 0.1) is 23.7 Å². The van der Waals surface area contributed by atoms with Gasteiger partial charge in [0.05, 0.1) is 12.4 Å². The number of carboxylic acids is 1. The third-order valence-corrected chi connectivity index (χ3v) is 6.84. The third-order valence-electron chi connectivity index (χ3n) is 6.84. The lowest BCUT2D eigenvalue weighted by atomic mass is 9.67. The van der Waals surface area contributed by atoms with Crippen LogP contribution in [0.15, 0.2) is 16.7 Å². The second-order valence-corrected chi connectivity index (χ2v) is 8.80. The van der Waals surface area contributed by atoms with Crippen molar-refractivity contribution in [2.45, 2.75) is 57.5 Å². The molecule has 6 heteroatoms. The number of nitrogens with zero attached hydrogens (tertiary/aromatic N) is 1. The summed E-state index contributed by atoms with van der Waals surface area (Å²) >= 11 is 0. The predicted octanol–water partition coefficient (Wildman–Crippen LogP) is 2.95. The summed E-state index contributed by atoms with van der Waals surface area (Å²) in [4.78, 5) is 26.2. The lowest BCUT2D eigenvalue weighted by Gasteiger charge is -2.42. The lowest BCUT2D eigenvalue weighted by Crippen LogP contribution is -2.45. The first-order valence-corrected chi connectivity index (χ1v) is 10.3. The van der Waals surface area contributed by atoms with Crippen LogP contribution in [0.2, 0.25) is 0 Å². The van der Waals surface area contributed by atoms with E-state index < -0.39 is 5.97 Å². The molecule has 1 aromatic heterocycles. The molecule has 4 rings (SSSR count). The third kappa shape index (κ3) is 4.05. The van der Waals surface area contributed by atoms with Gasteiger partial charge in [-0.3, -0.25) is 4.79 Å². The summed E-state index contributed by atoms with van der Waals surface area (Å²) < 4.78 is 5.37. The maximum Gasteiger partial charge on any atom is 0.339 e. The summed E-state index contributed by atoms with van der Waals surface area (Å²) in [6.45, 7) is 1.50. The smallest absolute Gasteiger partial charge is 0.339 e. The molecule has 2 N–H and O–H groups in total. The maximum absolute atomic E-state index is 13.0. The van der Waals surface area contributed by atoms with Gasteiger partial charge < -0.3 is 19.5 Å². The average Bonchev–Trinajstić information content (AvgIpc) is 3.09. The first-order valence-electron chi connectivity index (χ1n) is 10.3. The summed E-state index contributed by atoms with van der Waals surface area (Å²) in [6, 6.07) is 1.51. The SMILES string of the molecule is O=C(O)c1ccoc1CC1CCN(C(=O)C2C[C@H]3CC(O)C[C@@H](C2)C3)CC1. The number of carbonyl (C=O) groups is 2. The molecule has 1 saturated heterocycles. The fourth-order valence-electron chi connectivity index (χ4n) is 5.58. The Morgan fingerprint density at radius 3 is 2.37 bits per heavy atom. The van der Waals surface area contributed by atoms with Crippen molar-refractivity contribution < 1.29 is 24.2 Å². The van der Waals surface area contributed by atoms with E-state index in [9.17, 15) is 19.8 Å². The Labute approximate surface area is 159 Å². The molecule has 2 unspecified atom stereocenters. The van der Waals surface area contributed by atoms with Gasteiger partial charge in [-0.25, -0.2) is 4.79 Å². The molecule has 27 heavy (non-hydrogen) atoms. The predicted molar refractivity (Wildman–Crippen MR) is 98.2 cm³/mol. The highest BCUT2D eigenvalue weighted by Crippen LogP contribution is 2.43. The standard InChI is InChI=1S/C21H29NO5/c23-17-10-14-7-15(11-17)9-16(8-14)20(24)22-4-1-13(2-5-22)12-19-18(21(25)26)3-6-27-19/h3,6,13-17,23H,1-2,4-5,7-12H2,(H,25,26)/t14-,15+,16?,17?. The van der Waals surface area contributed by atoms with E-state index in [4.69, 9.17) is 4.42 Å². The van der Waals surface area contributed by atoms with Crippen LogP contribution in [-0.2, 0) is 11.2 Å². The number of hydrogen-bond donors (Lipinski definition) is 2.